The van der Waals surface area contributed by atoms with Gasteiger partial charge in [-0.25, -0.2) is 0 Å². The summed E-state index contributed by atoms with van der Waals surface area (Å²) in [5.41, 5.74) is 1.22. The summed E-state index contributed by atoms with van der Waals surface area (Å²) in [7, 11) is 4.69. The Kier molecular flexibility index (Phi) is 6.06. The molecule has 0 radical (unpaired) electrons. The number of benzene rings is 2. The van der Waals surface area contributed by atoms with Gasteiger partial charge in [0.15, 0.2) is 17.3 Å². The summed E-state index contributed by atoms with van der Waals surface area (Å²) >= 11 is 0. The zero-order chi connectivity index (χ0) is 21.8. The van der Waals surface area contributed by atoms with Crippen LogP contribution in [0.4, 0.5) is 0 Å². The predicted octanol–water partition coefficient (Wildman–Crippen LogP) is 3.78. The van der Waals surface area contributed by atoms with E-state index >= 15 is 0 Å². The number of nitrogens with zero attached hydrogens (tertiary/aromatic N) is 3. The molecular formula is C23H25N3O5. The molecule has 0 N–H and O–H groups in total. The summed E-state index contributed by atoms with van der Waals surface area (Å²) < 4.78 is 21.7. The molecule has 0 aliphatic carbocycles. The molecular weight excluding hydrogens is 398 g/mol. The third-order valence-corrected chi connectivity index (χ3v) is 5.49. The highest BCUT2D eigenvalue weighted by Gasteiger charge is 2.30. The lowest BCUT2D eigenvalue weighted by molar-refractivity contribution is 0.0699. The molecule has 31 heavy (non-hydrogen) atoms. The smallest absolute Gasteiger partial charge is 0.261 e. The van der Waals surface area contributed by atoms with Gasteiger partial charge in [-0.15, -0.1) is 0 Å². The number of likely N-dealkylation sites (tertiary alicyclic amines) is 1. The van der Waals surface area contributed by atoms with Gasteiger partial charge in [0.25, 0.3) is 11.8 Å². The summed E-state index contributed by atoms with van der Waals surface area (Å²) in [6, 6.07) is 12.8. The number of hydrogen-bond acceptors (Lipinski definition) is 7. The van der Waals surface area contributed by atoms with Gasteiger partial charge in [0.05, 0.1) is 32.5 Å². The molecule has 1 saturated heterocycles. The van der Waals surface area contributed by atoms with Crippen molar-refractivity contribution < 1.29 is 23.5 Å². The van der Waals surface area contributed by atoms with Crippen molar-refractivity contribution in [3.8, 4) is 28.7 Å². The standard InChI is InChI=1S/C23H25N3O5/c1-28-18-11-5-4-9-16(18)22-24-21(25-31-22)15-8-7-13-26(14-15)23(27)17-10-6-12-19(29-2)20(17)30-3/h4-6,9-12,15H,7-8,13-14H2,1-3H3. The van der Waals surface area contributed by atoms with Gasteiger partial charge < -0.3 is 23.6 Å². The largest absolute Gasteiger partial charge is 0.496 e. The predicted molar refractivity (Wildman–Crippen MR) is 114 cm³/mol. The minimum absolute atomic E-state index is 0.0125. The van der Waals surface area contributed by atoms with E-state index in [4.69, 9.17) is 18.7 Å². The maximum absolute atomic E-state index is 13.2. The summed E-state index contributed by atoms with van der Waals surface area (Å²) in [4.78, 5) is 19.7. The van der Waals surface area contributed by atoms with Crippen molar-refractivity contribution in [1.82, 2.24) is 15.0 Å². The fraction of sp³-hybridized carbons (Fsp3) is 0.348. The highest BCUT2D eigenvalue weighted by molar-refractivity contribution is 5.98. The SMILES string of the molecule is COc1ccccc1-c1nc(C2CCCN(C(=O)c3cccc(OC)c3OC)C2)no1. The number of amides is 1. The number of para-hydroxylation sites is 2. The molecule has 1 unspecified atom stereocenters. The molecule has 8 heteroatoms. The maximum Gasteiger partial charge on any atom is 0.261 e. The molecule has 0 bridgehead atoms. The van der Waals surface area contributed by atoms with E-state index in [2.05, 4.69) is 10.1 Å². The monoisotopic (exact) mass is 423 g/mol. The summed E-state index contributed by atoms with van der Waals surface area (Å²) in [6.07, 6.45) is 1.73. The number of rotatable bonds is 6. The molecule has 0 spiro atoms. The molecule has 1 aromatic heterocycles. The third-order valence-electron chi connectivity index (χ3n) is 5.49. The van der Waals surface area contributed by atoms with E-state index in [0.29, 0.717) is 47.6 Å². The van der Waals surface area contributed by atoms with Gasteiger partial charge in [0.2, 0.25) is 0 Å². The maximum atomic E-state index is 13.2. The lowest BCUT2D eigenvalue weighted by Gasteiger charge is -2.31. The van der Waals surface area contributed by atoms with Crippen molar-refractivity contribution in [2.24, 2.45) is 0 Å². The Balaban J connectivity index is 1.55. The van der Waals surface area contributed by atoms with Crippen molar-refractivity contribution in [3.05, 3.63) is 53.9 Å². The van der Waals surface area contributed by atoms with Gasteiger partial charge in [-0.3, -0.25) is 4.79 Å². The highest BCUT2D eigenvalue weighted by Crippen LogP contribution is 2.34. The molecule has 1 fully saturated rings. The van der Waals surface area contributed by atoms with Crippen LogP contribution in [0.3, 0.4) is 0 Å². The fourth-order valence-corrected chi connectivity index (χ4v) is 3.93. The molecule has 162 valence electrons. The van der Waals surface area contributed by atoms with Gasteiger partial charge in [-0.2, -0.15) is 4.98 Å². The van der Waals surface area contributed by atoms with E-state index in [1.165, 1.54) is 7.11 Å². The minimum Gasteiger partial charge on any atom is -0.496 e. The topological polar surface area (TPSA) is 86.9 Å². The summed E-state index contributed by atoms with van der Waals surface area (Å²) in [6.45, 7) is 1.16. The van der Waals surface area contributed by atoms with Crippen LogP contribution in [-0.2, 0) is 0 Å². The molecule has 1 aliphatic heterocycles. The second-order valence-corrected chi connectivity index (χ2v) is 7.29. The van der Waals surface area contributed by atoms with Crippen LogP contribution in [0.1, 0.15) is 34.9 Å². The number of hydrogen-bond donors (Lipinski definition) is 0. The van der Waals surface area contributed by atoms with Gasteiger partial charge in [-0.1, -0.05) is 23.4 Å². The zero-order valence-corrected chi connectivity index (χ0v) is 17.8. The average Bonchev–Trinajstić information content (AvgIpc) is 3.33. The Morgan fingerprint density at radius 1 is 1.03 bits per heavy atom. The molecule has 2 heterocycles. The second kappa shape index (κ2) is 9.07. The fourth-order valence-electron chi connectivity index (χ4n) is 3.93. The highest BCUT2D eigenvalue weighted by atomic mass is 16.5. The Morgan fingerprint density at radius 3 is 2.58 bits per heavy atom. The molecule has 8 nitrogen and oxygen atoms in total. The lowest BCUT2D eigenvalue weighted by atomic mass is 9.96. The van der Waals surface area contributed by atoms with Crippen LogP contribution < -0.4 is 14.2 Å². The number of carbonyl (C=O) groups is 1. The molecule has 1 aliphatic rings. The quantitative estimate of drug-likeness (QED) is 0.596. The van der Waals surface area contributed by atoms with E-state index < -0.39 is 0 Å². The zero-order valence-electron chi connectivity index (χ0n) is 17.8. The first kappa shape index (κ1) is 20.7. The third kappa shape index (κ3) is 4.05. The van der Waals surface area contributed by atoms with Crippen molar-refractivity contribution >= 4 is 5.91 Å². The summed E-state index contributed by atoms with van der Waals surface area (Å²) in [5.74, 6) is 2.52. The van der Waals surface area contributed by atoms with Gasteiger partial charge in [0, 0.05) is 19.0 Å². The normalized spacial score (nSPS) is 16.1. The number of ether oxygens (including phenoxy) is 3. The van der Waals surface area contributed by atoms with E-state index in [-0.39, 0.29) is 11.8 Å². The van der Waals surface area contributed by atoms with Gasteiger partial charge >= 0.3 is 0 Å². The van der Waals surface area contributed by atoms with Crippen molar-refractivity contribution in [2.75, 3.05) is 34.4 Å². The number of piperidine rings is 1. The first-order valence-electron chi connectivity index (χ1n) is 10.1. The van der Waals surface area contributed by atoms with Crippen molar-refractivity contribution in [2.45, 2.75) is 18.8 Å². The van der Waals surface area contributed by atoms with Crippen LogP contribution in [0.15, 0.2) is 47.0 Å². The molecule has 3 aromatic rings. The Morgan fingerprint density at radius 2 is 1.81 bits per heavy atom. The Bertz CT molecular complexity index is 1060. The van der Waals surface area contributed by atoms with Crippen LogP contribution in [0, 0.1) is 0 Å². The molecule has 1 amide bonds. The van der Waals surface area contributed by atoms with Crippen LogP contribution in [0.2, 0.25) is 0 Å². The number of carbonyl (C=O) groups excluding carboxylic acids is 1. The Hall–Kier alpha value is -3.55. The molecule has 4 rings (SSSR count). The second-order valence-electron chi connectivity index (χ2n) is 7.29. The first-order valence-corrected chi connectivity index (χ1v) is 10.1. The summed E-state index contributed by atoms with van der Waals surface area (Å²) in [5, 5.41) is 4.19. The van der Waals surface area contributed by atoms with Gasteiger partial charge in [-0.05, 0) is 37.1 Å². The van der Waals surface area contributed by atoms with E-state index in [0.717, 1.165) is 18.4 Å². The van der Waals surface area contributed by atoms with Crippen LogP contribution >= 0.6 is 0 Å². The van der Waals surface area contributed by atoms with Gasteiger partial charge in [0.1, 0.15) is 5.75 Å². The molecule has 1 atom stereocenters. The number of methoxy groups -OCH3 is 3. The van der Waals surface area contributed by atoms with Crippen LogP contribution in [0.25, 0.3) is 11.5 Å². The van der Waals surface area contributed by atoms with Crippen LogP contribution in [-0.4, -0.2) is 55.4 Å². The van der Waals surface area contributed by atoms with E-state index in [1.54, 1.807) is 32.4 Å². The van der Waals surface area contributed by atoms with Crippen molar-refractivity contribution in [1.29, 1.82) is 0 Å². The minimum atomic E-state index is -0.103. The number of aromatic nitrogens is 2. The Labute approximate surface area is 180 Å². The van der Waals surface area contributed by atoms with E-state index in [1.807, 2.05) is 29.2 Å². The van der Waals surface area contributed by atoms with E-state index in [9.17, 15) is 4.79 Å². The average molecular weight is 423 g/mol. The lowest BCUT2D eigenvalue weighted by Crippen LogP contribution is -2.39. The molecule has 0 saturated carbocycles. The van der Waals surface area contributed by atoms with Crippen molar-refractivity contribution in [3.63, 3.8) is 0 Å². The first-order chi connectivity index (χ1) is 15.2. The molecule has 2 aromatic carbocycles. The van der Waals surface area contributed by atoms with Crippen LogP contribution in [0.5, 0.6) is 17.2 Å².